The number of amides is 1. The molecule has 0 aromatic heterocycles. The van der Waals surface area contributed by atoms with Crippen molar-refractivity contribution >= 4 is 28.5 Å². The van der Waals surface area contributed by atoms with Gasteiger partial charge in [0.1, 0.15) is 29.0 Å². The summed E-state index contributed by atoms with van der Waals surface area (Å²) in [5.74, 6) is 1.58. The molecule has 2 aromatic carbocycles. The van der Waals surface area contributed by atoms with Gasteiger partial charge in [0.2, 0.25) is 5.91 Å². The van der Waals surface area contributed by atoms with Crippen LogP contribution in [0.1, 0.15) is 11.1 Å². The van der Waals surface area contributed by atoms with Crippen molar-refractivity contribution in [2.45, 2.75) is 11.8 Å². The van der Waals surface area contributed by atoms with E-state index >= 15 is 0 Å². The van der Waals surface area contributed by atoms with E-state index in [2.05, 4.69) is 5.32 Å². The molecule has 4 N–H and O–H groups in total. The number of hydrogen-bond donors (Lipinski definition) is 3. The van der Waals surface area contributed by atoms with Crippen LogP contribution in [-0.2, 0) is 21.3 Å². The van der Waals surface area contributed by atoms with Crippen molar-refractivity contribution in [3.8, 4) is 23.0 Å². The van der Waals surface area contributed by atoms with Crippen LogP contribution in [0, 0.1) is 0 Å². The Morgan fingerprint density at radius 1 is 1.06 bits per heavy atom. The summed E-state index contributed by atoms with van der Waals surface area (Å²) in [6.07, 6.45) is 1.67. The minimum atomic E-state index is -1.37. The largest absolute Gasteiger partial charge is 0.496 e. The highest BCUT2D eigenvalue weighted by atomic mass is 32.2. The third kappa shape index (κ3) is 6.38. The fraction of sp³-hybridized carbons (Fsp3) is 0.318. The second-order valence-electron chi connectivity index (χ2n) is 6.59. The fourth-order valence-corrected chi connectivity index (χ4v) is 3.80. The van der Waals surface area contributed by atoms with Gasteiger partial charge in [0, 0.05) is 17.5 Å². The van der Waals surface area contributed by atoms with Gasteiger partial charge in [-0.15, -0.1) is 0 Å². The van der Waals surface area contributed by atoms with Crippen molar-refractivity contribution in [3.05, 3.63) is 46.9 Å². The summed E-state index contributed by atoms with van der Waals surface area (Å²) in [7, 11) is 4.71. The Morgan fingerprint density at radius 3 is 2.19 bits per heavy atom. The molecule has 9 nitrogen and oxygen atoms in total. The number of carbonyl (C=O) groups is 1. The predicted octanol–water partition coefficient (Wildman–Crippen LogP) is 1.90. The molecule has 2 atom stereocenters. The molecule has 0 fully saturated rings. The third-order valence-electron chi connectivity index (χ3n) is 4.57. The lowest BCUT2D eigenvalue weighted by atomic mass is 10.1. The van der Waals surface area contributed by atoms with Crippen molar-refractivity contribution in [2.75, 3.05) is 40.4 Å². The average Bonchev–Trinajstić information content (AvgIpc) is 2.80. The maximum Gasteiger partial charge on any atom is 0.242 e. The van der Waals surface area contributed by atoms with Gasteiger partial charge in [0.05, 0.1) is 62.8 Å². The number of hydrogen-bond acceptors (Lipinski definition) is 8. The van der Waals surface area contributed by atoms with Crippen LogP contribution in [0.3, 0.4) is 0 Å². The number of benzene rings is 2. The molecule has 0 spiro atoms. The molecule has 0 bridgehead atoms. The first kappa shape index (κ1) is 25.0. The molecule has 0 saturated heterocycles. The van der Waals surface area contributed by atoms with E-state index < -0.39 is 29.4 Å². The number of methoxy groups -OCH3 is 4. The number of rotatable bonds is 12. The number of anilines is 1. The first-order valence-corrected chi connectivity index (χ1v) is 10.9. The normalized spacial score (nSPS) is 12.8. The monoisotopic (exact) mass is 464 g/mol. The smallest absolute Gasteiger partial charge is 0.242 e. The lowest BCUT2D eigenvalue weighted by molar-refractivity contribution is -0.119. The van der Waals surface area contributed by atoms with E-state index in [1.54, 1.807) is 48.9 Å². The molecule has 10 heteroatoms. The number of primary amides is 1. The molecule has 0 radical (unpaired) electrons. The summed E-state index contributed by atoms with van der Waals surface area (Å²) < 4.78 is 34.0. The highest BCUT2D eigenvalue weighted by Crippen LogP contribution is 2.35. The Morgan fingerprint density at radius 2 is 1.69 bits per heavy atom. The molecule has 1 amide bonds. The van der Waals surface area contributed by atoms with Crippen LogP contribution in [-0.4, -0.2) is 56.3 Å². The zero-order valence-electron chi connectivity index (χ0n) is 18.4. The summed E-state index contributed by atoms with van der Waals surface area (Å²) in [5, 5.41) is 13.7. The molecule has 0 aliphatic rings. The average molecular weight is 465 g/mol. The number of nitrogens with one attached hydrogen (secondary N) is 1. The van der Waals surface area contributed by atoms with Crippen LogP contribution < -0.4 is 30.0 Å². The minimum absolute atomic E-state index is 0.205. The van der Waals surface area contributed by atoms with E-state index in [1.165, 1.54) is 21.3 Å². The van der Waals surface area contributed by atoms with E-state index in [4.69, 9.17) is 24.7 Å². The SMILES string of the molecule is COc1cc(OC)c(/C=C/S(=O)Cc2ccc(OC)c(N[C@H](CO)C(N)=O)c2)c(OC)c1. The Kier molecular flexibility index (Phi) is 9.36. The lowest BCUT2D eigenvalue weighted by Gasteiger charge is -2.17. The van der Waals surface area contributed by atoms with Gasteiger partial charge in [-0.25, -0.2) is 0 Å². The molecule has 0 heterocycles. The zero-order valence-corrected chi connectivity index (χ0v) is 19.2. The molecule has 0 aliphatic heterocycles. The summed E-state index contributed by atoms with van der Waals surface area (Å²) in [5.41, 5.74) is 7.10. The summed E-state index contributed by atoms with van der Waals surface area (Å²) in [6, 6.07) is 7.60. The molecule has 32 heavy (non-hydrogen) atoms. The Labute approximate surface area is 189 Å². The highest BCUT2D eigenvalue weighted by molar-refractivity contribution is 7.87. The minimum Gasteiger partial charge on any atom is -0.496 e. The van der Waals surface area contributed by atoms with Crippen LogP contribution in [0.15, 0.2) is 35.7 Å². The number of aliphatic hydroxyl groups excluding tert-OH is 1. The number of aliphatic hydroxyl groups is 1. The van der Waals surface area contributed by atoms with Crippen molar-refractivity contribution in [1.82, 2.24) is 0 Å². The van der Waals surface area contributed by atoms with Crippen LogP contribution in [0.2, 0.25) is 0 Å². The van der Waals surface area contributed by atoms with Crippen LogP contribution in [0.4, 0.5) is 5.69 Å². The first-order chi connectivity index (χ1) is 15.4. The van der Waals surface area contributed by atoms with Gasteiger partial charge in [-0.2, -0.15) is 0 Å². The maximum absolute atomic E-state index is 12.7. The quantitative estimate of drug-likeness (QED) is 0.434. The lowest BCUT2D eigenvalue weighted by Crippen LogP contribution is -2.38. The van der Waals surface area contributed by atoms with Gasteiger partial charge in [-0.1, -0.05) is 6.07 Å². The maximum atomic E-state index is 12.7. The van der Waals surface area contributed by atoms with Gasteiger partial charge in [0.15, 0.2) is 0 Å². The highest BCUT2D eigenvalue weighted by Gasteiger charge is 2.17. The Hall–Kier alpha value is -3.24. The van der Waals surface area contributed by atoms with Gasteiger partial charge in [0.25, 0.3) is 0 Å². The second kappa shape index (κ2) is 12.0. The molecule has 0 aliphatic carbocycles. The van der Waals surface area contributed by atoms with Crippen LogP contribution >= 0.6 is 0 Å². The zero-order chi connectivity index (χ0) is 23.7. The van der Waals surface area contributed by atoms with Gasteiger partial charge >= 0.3 is 0 Å². The van der Waals surface area contributed by atoms with Crippen LogP contribution in [0.25, 0.3) is 6.08 Å². The number of nitrogens with two attached hydrogens (primary N) is 1. The molecular formula is C22H28N2O7S. The summed E-state index contributed by atoms with van der Waals surface area (Å²) >= 11 is 0. The van der Waals surface area contributed by atoms with E-state index in [-0.39, 0.29) is 5.75 Å². The Balaban J connectivity index is 2.24. The van der Waals surface area contributed by atoms with E-state index in [9.17, 15) is 14.1 Å². The molecular weight excluding hydrogens is 436 g/mol. The van der Waals surface area contributed by atoms with E-state index in [0.29, 0.717) is 34.2 Å². The number of carbonyl (C=O) groups excluding carboxylic acids is 1. The van der Waals surface area contributed by atoms with Crippen molar-refractivity contribution in [1.29, 1.82) is 0 Å². The molecule has 2 rings (SSSR count). The topological polar surface area (TPSA) is 129 Å². The number of ether oxygens (including phenoxy) is 4. The Bertz CT molecular complexity index is 969. The van der Waals surface area contributed by atoms with E-state index in [1.807, 2.05) is 0 Å². The van der Waals surface area contributed by atoms with Crippen molar-refractivity contribution in [3.63, 3.8) is 0 Å². The standard InChI is InChI=1S/C22H28N2O7S/c1-28-15-10-20(30-3)16(21(11-15)31-4)7-8-32(27)13-14-5-6-19(29-2)17(9-14)24-18(12-25)22(23)26/h5-11,18,24-25H,12-13H2,1-4H3,(H2,23,26)/b8-7+/t18-,32?/m1/s1. The first-order valence-electron chi connectivity index (χ1n) is 9.55. The van der Waals surface area contributed by atoms with Gasteiger partial charge in [-0.05, 0) is 23.8 Å². The molecule has 174 valence electrons. The van der Waals surface area contributed by atoms with Crippen LogP contribution in [0.5, 0.6) is 23.0 Å². The second-order valence-corrected chi connectivity index (χ2v) is 7.91. The molecule has 1 unspecified atom stereocenters. The van der Waals surface area contributed by atoms with Gasteiger partial charge in [-0.3, -0.25) is 9.00 Å². The van der Waals surface area contributed by atoms with Crippen molar-refractivity contribution in [2.24, 2.45) is 5.73 Å². The summed E-state index contributed by atoms with van der Waals surface area (Å²) in [4.78, 5) is 11.4. The molecule has 2 aromatic rings. The van der Waals surface area contributed by atoms with Gasteiger partial charge < -0.3 is 35.1 Å². The summed E-state index contributed by atoms with van der Waals surface area (Å²) in [6.45, 7) is -0.469. The predicted molar refractivity (Wildman–Crippen MR) is 124 cm³/mol. The van der Waals surface area contributed by atoms with Crippen molar-refractivity contribution < 1.29 is 33.1 Å². The third-order valence-corrected chi connectivity index (χ3v) is 5.63. The van der Waals surface area contributed by atoms with E-state index in [0.717, 1.165) is 5.56 Å². The fourth-order valence-electron chi connectivity index (χ4n) is 2.91. The molecule has 0 saturated carbocycles.